The van der Waals surface area contributed by atoms with Crippen molar-refractivity contribution in [1.29, 1.82) is 0 Å². The Morgan fingerprint density at radius 1 is 0.881 bits per heavy atom. The Hall–Kier alpha value is -3.36. The molecule has 0 aliphatic carbocycles. The maximum absolute atomic E-state index is 13.9. The lowest BCUT2D eigenvalue weighted by molar-refractivity contribution is -0.141. The fourth-order valence-corrected chi connectivity index (χ4v) is 5.77. The molecule has 3 aromatic rings. The Morgan fingerprint density at radius 3 is 2.07 bits per heavy atom. The molecule has 0 spiro atoms. The van der Waals surface area contributed by atoms with E-state index >= 15 is 0 Å². The summed E-state index contributed by atoms with van der Waals surface area (Å²) in [5.74, 6) is -0.441. The summed E-state index contributed by atoms with van der Waals surface area (Å²) < 4.78 is 26.7. The number of anilines is 1. The van der Waals surface area contributed by atoms with Crippen LogP contribution >= 0.6 is 11.6 Å². The molecule has 2 amide bonds. The summed E-state index contributed by atoms with van der Waals surface area (Å²) >= 11 is 6.11. The van der Waals surface area contributed by atoms with Crippen LogP contribution in [0.2, 0.25) is 5.02 Å². The standard InChI is InChI=1S/C33H42ClN3O4S/c1-5-25(3)35-33(39)31(23-27-11-8-7-9-12-27)36(24-28-14-18-29(34)19-15-28)32(38)13-10-22-37(42(4,40)41)30-20-16-26(6-2)17-21-30/h7-9,11-12,14-21,25,31H,5-6,10,13,22-24H2,1-4H3,(H,35,39). The molecule has 2 unspecified atom stereocenters. The average Bonchev–Trinajstić information content (AvgIpc) is 2.97. The van der Waals surface area contributed by atoms with Crippen molar-refractivity contribution in [2.24, 2.45) is 0 Å². The average molecular weight is 612 g/mol. The Bertz CT molecular complexity index is 1400. The number of amides is 2. The van der Waals surface area contributed by atoms with Crippen LogP contribution in [0.5, 0.6) is 0 Å². The third-order valence-electron chi connectivity index (χ3n) is 7.32. The minimum Gasteiger partial charge on any atom is -0.352 e. The van der Waals surface area contributed by atoms with Gasteiger partial charge in [0.25, 0.3) is 0 Å². The smallest absolute Gasteiger partial charge is 0.243 e. The fourth-order valence-electron chi connectivity index (χ4n) is 4.68. The lowest BCUT2D eigenvalue weighted by Gasteiger charge is -2.32. The van der Waals surface area contributed by atoms with Gasteiger partial charge < -0.3 is 10.2 Å². The fraction of sp³-hybridized carbons (Fsp3) is 0.394. The number of nitrogens with one attached hydrogen (secondary N) is 1. The molecule has 0 heterocycles. The summed E-state index contributed by atoms with van der Waals surface area (Å²) in [7, 11) is -3.56. The molecule has 1 N–H and O–H groups in total. The topological polar surface area (TPSA) is 86.8 Å². The molecule has 9 heteroatoms. The van der Waals surface area contributed by atoms with Crippen molar-refractivity contribution in [2.45, 2.75) is 71.5 Å². The molecule has 42 heavy (non-hydrogen) atoms. The summed E-state index contributed by atoms with van der Waals surface area (Å²) in [5.41, 5.74) is 3.46. The van der Waals surface area contributed by atoms with E-state index in [-0.39, 0.29) is 37.4 Å². The minimum atomic E-state index is -3.56. The van der Waals surface area contributed by atoms with E-state index in [1.807, 2.05) is 75.4 Å². The van der Waals surface area contributed by atoms with Gasteiger partial charge in [-0.2, -0.15) is 0 Å². The highest BCUT2D eigenvalue weighted by Crippen LogP contribution is 2.21. The number of aryl methyl sites for hydroxylation is 1. The number of hydrogen-bond donors (Lipinski definition) is 1. The van der Waals surface area contributed by atoms with Crippen molar-refractivity contribution >= 4 is 39.1 Å². The SMILES string of the molecule is CCc1ccc(N(CCCC(=O)N(Cc2ccc(Cl)cc2)C(Cc2ccccc2)C(=O)NC(C)CC)S(C)(=O)=O)cc1. The maximum atomic E-state index is 13.9. The van der Waals surface area contributed by atoms with Gasteiger partial charge in [-0.1, -0.05) is 80.0 Å². The highest BCUT2D eigenvalue weighted by molar-refractivity contribution is 7.92. The molecule has 0 bridgehead atoms. The van der Waals surface area contributed by atoms with Gasteiger partial charge in [0.15, 0.2) is 0 Å². The zero-order chi connectivity index (χ0) is 30.7. The van der Waals surface area contributed by atoms with Gasteiger partial charge >= 0.3 is 0 Å². The van der Waals surface area contributed by atoms with Crippen LogP contribution in [0.25, 0.3) is 0 Å². The van der Waals surface area contributed by atoms with Crippen LogP contribution < -0.4 is 9.62 Å². The number of halogens is 1. The Labute approximate surface area is 255 Å². The lowest BCUT2D eigenvalue weighted by Crippen LogP contribution is -2.52. The van der Waals surface area contributed by atoms with Crippen molar-refractivity contribution in [2.75, 3.05) is 17.1 Å². The number of carbonyl (C=O) groups is 2. The molecule has 226 valence electrons. The first-order valence-corrected chi connectivity index (χ1v) is 16.7. The molecule has 0 aromatic heterocycles. The molecular formula is C33H42ClN3O4S. The van der Waals surface area contributed by atoms with Crippen molar-refractivity contribution in [3.63, 3.8) is 0 Å². The van der Waals surface area contributed by atoms with Gasteiger partial charge in [0, 0.05) is 37.0 Å². The zero-order valence-corrected chi connectivity index (χ0v) is 26.5. The predicted octanol–water partition coefficient (Wildman–Crippen LogP) is 6.00. The largest absolute Gasteiger partial charge is 0.352 e. The minimum absolute atomic E-state index is 0.0503. The monoisotopic (exact) mass is 611 g/mol. The van der Waals surface area contributed by atoms with Crippen LogP contribution in [-0.4, -0.2) is 50.0 Å². The second kappa shape index (κ2) is 15.8. The van der Waals surface area contributed by atoms with Crippen molar-refractivity contribution < 1.29 is 18.0 Å². The zero-order valence-electron chi connectivity index (χ0n) is 24.9. The first-order valence-electron chi connectivity index (χ1n) is 14.5. The van der Waals surface area contributed by atoms with Gasteiger partial charge in [-0.05, 0) is 67.1 Å². The lowest BCUT2D eigenvalue weighted by atomic mass is 10.0. The van der Waals surface area contributed by atoms with Crippen LogP contribution in [0.4, 0.5) is 5.69 Å². The maximum Gasteiger partial charge on any atom is 0.243 e. The van der Waals surface area contributed by atoms with Crippen LogP contribution in [0.3, 0.4) is 0 Å². The van der Waals surface area contributed by atoms with Gasteiger partial charge in [0.05, 0.1) is 11.9 Å². The number of nitrogens with zero attached hydrogens (tertiary/aromatic N) is 2. The Morgan fingerprint density at radius 2 is 1.50 bits per heavy atom. The summed E-state index contributed by atoms with van der Waals surface area (Å²) in [6.07, 6.45) is 3.51. The molecule has 0 radical (unpaired) electrons. The first kappa shape index (κ1) is 33.1. The van der Waals surface area contributed by atoms with E-state index in [0.717, 1.165) is 29.5 Å². The van der Waals surface area contributed by atoms with Gasteiger partial charge in [0.2, 0.25) is 21.8 Å². The molecule has 0 saturated heterocycles. The molecule has 0 aliphatic heterocycles. The van der Waals surface area contributed by atoms with E-state index in [1.165, 1.54) is 10.6 Å². The number of rotatable bonds is 15. The third-order valence-corrected chi connectivity index (χ3v) is 8.77. The van der Waals surface area contributed by atoms with Crippen molar-refractivity contribution in [3.05, 3.63) is 101 Å². The van der Waals surface area contributed by atoms with E-state index in [2.05, 4.69) is 5.32 Å². The Balaban J connectivity index is 1.87. The van der Waals surface area contributed by atoms with Crippen molar-refractivity contribution in [1.82, 2.24) is 10.2 Å². The van der Waals surface area contributed by atoms with Gasteiger partial charge in [-0.15, -0.1) is 0 Å². The van der Waals surface area contributed by atoms with Crippen LogP contribution in [-0.2, 0) is 39.0 Å². The van der Waals surface area contributed by atoms with Gasteiger partial charge in [-0.25, -0.2) is 8.42 Å². The quantitative estimate of drug-likeness (QED) is 0.228. The van der Waals surface area contributed by atoms with Gasteiger partial charge in [-0.3, -0.25) is 13.9 Å². The second-order valence-corrected chi connectivity index (χ2v) is 13.0. The van der Waals surface area contributed by atoms with Gasteiger partial charge in [0.1, 0.15) is 6.04 Å². The predicted molar refractivity (Wildman–Crippen MR) is 171 cm³/mol. The number of sulfonamides is 1. The summed E-state index contributed by atoms with van der Waals surface area (Å²) in [6.45, 7) is 6.34. The molecule has 0 fully saturated rings. The third kappa shape index (κ3) is 9.88. The normalized spacial score (nSPS) is 12.8. The second-order valence-electron chi connectivity index (χ2n) is 10.6. The molecule has 7 nitrogen and oxygen atoms in total. The number of carbonyl (C=O) groups excluding carboxylic acids is 2. The highest BCUT2D eigenvalue weighted by atomic mass is 35.5. The number of hydrogen-bond acceptors (Lipinski definition) is 4. The van der Waals surface area contributed by atoms with Crippen LogP contribution in [0.15, 0.2) is 78.9 Å². The first-order chi connectivity index (χ1) is 20.0. The van der Waals surface area contributed by atoms with E-state index in [0.29, 0.717) is 23.6 Å². The van der Waals surface area contributed by atoms with Crippen LogP contribution in [0.1, 0.15) is 56.7 Å². The summed E-state index contributed by atoms with van der Waals surface area (Å²) in [5, 5.41) is 3.65. The highest BCUT2D eigenvalue weighted by Gasteiger charge is 2.31. The van der Waals surface area contributed by atoms with Crippen LogP contribution in [0, 0.1) is 0 Å². The van der Waals surface area contributed by atoms with E-state index in [1.54, 1.807) is 29.2 Å². The molecule has 0 aliphatic rings. The summed E-state index contributed by atoms with van der Waals surface area (Å²) in [6, 6.07) is 23.5. The van der Waals surface area contributed by atoms with Crippen molar-refractivity contribution in [3.8, 4) is 0 Å². The summed E-state index contributed by atoms with van der Waals surface area (Å²) in [4.78, 5) is 29.2. The Kier molecular flexibility index (Phi) is 12.4. The molecule has 3 aromatic carbocycles. The molecular weight excluding hydrogens is 570 g/mol. The van der Waals surface area contributed by atoms with E-state index in [4.69, 9.17) is 11.6 Å². The molecule has 2 atom stereocenters. The number of benzene rings is 3. The van der Waals surface area contributed by atoms with E-state index < -0.39 is 16.1 Å². The molecule has 3 rings (SSSR count). The van der Waals surface area contributed by atoms with E-state index in [9.17, 15) is 18.0 Å². The molecule has 0 saturated carbocycles.